The molecule has 0 radical (unpaired) electrons. The molecule has 1 fully saturated rings. The van der Waals surface area contributed by atoms with Gasteiger partial charge in [0.1, 0.15) is 17.1 Å². The highest BCUT2D eigenvalue weighted by Gasteiger charge is 2.57. The normalized spacial score (nSPS) is 17.6. The quantitative estimate of drug-likeness (QED) is 0.652. The number of amides is 1. The van der Waals surface area contributed by atoms with Crippen molar-refractivity contribution in [1.82, 2.24) is 4.90 Å². The number of methoxy groups -OCH3 is 3. The lowest BCUT2D eigenvalue weighted by molar-refractivity contribution is -0.146. The molecule has 0 spiro atoms. The molecule has 1 heterocycles. The molecule has 0 saturated carbocycles. The van der Waals surface area contributed by atoms with Crippen LogP contribution in [0.2, 0.25) is 0 Å². The molecule has 0 N–H and O–H groups in total. The van der Waals surface area contributed by atoms with E-state index in [9.17, 15) is 9.59 Å². The van der Waals surface area contributed by atoms with Crippen LogP contribution in [0.3, 0.4) is 0 Å². The number of hydrogen-bond donors (Lipinski definition) is 0. The van der Waals surface area contributed by atoms with Crippen LogP contribution in [0.5, 0.6) is 11.5 Å². The zero-order valence-corrected chi connectivity index (χ0v) is 19.2. The molecule has 1 unspecified atom stereocenters. The van der Waals surface area contributed by atoms with Gasteiger partial charge < -0.3 is 23.7 Å². The molecule has 8 heteroatoms. The van der Waals surface area contributed by atoms with Crippen molar-refractivity contribution < 1.29 is 33.3 Å². The third-order valence-corrected chi connectivity index (χ3v) is 5.13. The Morgan fingerprint density at radius 1 is 0.906 bits per heavy atom. The van der Waals surface area contributed by atoms with Gasteiger partial charge in [0.2, 0.25) is 0 Å². The highest BCUT2D eigenvalue weighted by molar-refractivity contribution is 5.83. The van der Waals surface area contributed by atoms with E-state index in [-0.39, 0.29) is 6.61 Å². The lowest BCUT2D eigenvalue weighted by Crippen LogP contribution is -2.54. The van der Waals surface area contributed by atoms with E-state index in [0.717, 1.165) is 0 Å². The topological polar surface area (TPSA) is 83.5 Å². The van der Waals surface area contributed by atoms with E-state index in [4.69, 9.17) is 23.7 Å². The van der Waals surface area contributed by atoms with Gasteiger partial charge in [-0.1, -0.05) is 24.3 Å². The maximum Gasteiger partial charge on any atom is 0.413 e. The molecule has 0 aromatic heterocycles. The maximum absolute atomic E-state index is 13.5. The van der Waals surface area contributed by atoms with Crippen LogP contribution >= 0.6 is 0 Å². The van der Waals surface area contributed by atoms with Crippen LogP contribution in [0.1, 0.15) is 31.9 Å². The number of ether oxygens (including phenoxy) is 5. The van der Waals surface area contributed by atoms with E-state index < -0.39 is 29.4 Å². The summed E-state index contributed by atoms with van der Waals surface area (Å²) >= 11 is 0. The number of hydrogen-bond acceptors (Lipinski definition) is 7. The third-order valence-electron chi connectivity index (χ3n) is 5.13. The van der Waals surface area contributed by atoms with Gasteiger partial charge in [0.15, 0.2) is 11.8 Å². The predicted octanol–water partition coefficient (Wildman–Crippen LogP) is 3.71. The van der Waals surface area contributed by atoms with Gasteiger partial charge in [0, 0.05) is 11.1 Å². The van der Waals surface area contributed by atoms with E-state index in [1.165, 1.54) is 12.0 Å². The molecule has 172 valence electrons. The maximum atomic E-state index is 13.5. The summed E-state index contributed by atoms with van der Waals surface area (Å²) in [5, 5.41) is 0. The molecule has 1 aliphatic heterocycles. The smallest absolute Gasteiger partial charge is 0.413 e. The molecule has 1 aliphatic rings. The van der Waals surface area contributed by atoms with E-state index in [0.29, 0.717) is 22.6 Å². The monoisotopic (exact) mass is 443 g/mol. The summed E-state index contributed by atoms with van der Waals surface area (Å²) < 4.78 is 27.5. The minimum Gasteiger partial charge on any atom is -0.497 e. The van der Waals surface area contributed by atoms with Crippen LogP contribution < -0.4 is 9.47 Å². The zero-order valence-electron chi connectivity index (χ0n) is 19.2. The number of rotatable bonds is 5. The average molecular weight is 443 g/mol. The van der Waals surface area contributed by atoms with Gasteiger partial charge >= 0.3 is 12.1 Å². The summed E-state index contributed by atoms with van der Waals surface area (Å²) in [6, 6.07) is 13.2. The number of carbonyl (C=O) groups excluding carboxylic acids is 2. The molecular formula is C24H29NO7. The van der Waals surface area contributed by atoms with Crippen molar-refractivity contribution >= 4 is 12.1 Å². The molecule has 8 nitrogen and oxygen atoms in total. The molecule has 1 amide bonds. The second-order valence-corrected chi connectivity index (χ2v) is 8.30. The van der Waals surface area contributed by atoms with Gasteiger partial charge in [-0.2, -0.15) is 0 Å². The predicted molar refractivity (Wildman–Crippen MR) is 117 cm³/mol. The van der Waals surface area contributed by atoms with Gasteiger partial charge in [-0.25, -0.2) is 9.59 Å². The minimum atomic E-state index is -1.43. The lowest BCUT2D eigenvalue weighted by Gasteiger charge is -2.39. The standard InChI is InChI=1S/C24H29NO7/c1-23(2,3)32-22(27)25-20(21(26)30-6)15-31-24(25,16-7-11-18(28-4)12-8-16)17-9-13-19(29-5)14-10-17/h7-14,20H,15H2,1-6H3. The second-order valence-electron chi connectivity index (χ2n) is 8.30. The Bertz CT molecular complexity index is 900. The molecule has 1 atom stereocenters. The van der Waals surface area contributed by atoms with Gasteiger partial charge in [0.25, 0.3) is 0 Å². The second kappa shape index (κ2) is 9.08. The van der Waals surface area contributed by atoms with Gasteiger partial charge in [-0.05, 0) is 45.0 Å². The van der Waals surface area contributed by atoms with Crippen LogP contribution in [-0.2, 0) is 24.7 Å². The summed E-state index contributed by atoms with van der Waals surface area (Å²) in [5.41, 5.74) is -0.965. The Kier molecular flexibility index (Phi) is 6.64. The van der Waals surface area contributed by atoms with Gasteiger partial charge in [-0.15, -0.1) is 0 Å². The summed E-state index contributed by atoms with van der Waals surface area (Å²) in [4.78, 5) is 27.4. The van der Waals surface area contributed by atoms with Crippen LogP contribution in [0.4, 0.5) is 4.79 Å². The molecular weight excluding hydrogens is 414 g/mol. The lowest BCUT2D eigenvalue weighted by atomic mass is 9.92. The highest BCUT2D eigenvalue weighted by Crippen LogP contribution is 2.45. The minimum absolute atomic E-state index is 0.0655. The average Bonchev–Trinajstić information content (AvgIpc) is 3.19. The van der Waals surface area contributed by atoms with Crippen molar-refractivity contribution in [2.24, 2.45) is 0 Å². The van der Waals surface area contributed by atoms with Crippen molar-refractivity contribution in [3.05, 3.63) is 59.7 Å². The fourth-order valence-electron chi connectivity index (χ4n) is 3.68. The molecule has 0 aliphatic carbocycles. The van der Waals surface area contributed by atoms with Crippen molar-refractivity contribution in [3.63, 3.8) is 0 Å². The summed E-state index contributed by atoms with van der Waals surface area (Å²) in [6.45, 7) is 5.22. The first-order valence-corrected chi connectivity index (χ1v) is 10.2. The van der Waals surface area contributed by atoms with E-state index in [1.54, 1.807) is 83.5 Å². The van der Waals surface area contributed by atoms with Crippen LogP contribution in [-0.4, -0.2) is 56.5 Å². The Morgan fingerprint density at radius 3 is 1.75 bits per heavy atom. The van der Waals surface area contributed by atoms with E-state index in [2.05, 4.69) is 0 Å². The number of benzene rings is 2. The Morgan fingerprint density at radius 2 is 1.38 bits per heavy atom. The largest absolute Gasteiger partial charge is 0.497 e. The van der Waals surface area contributed by atoms with E-state index >= 15 is 0 Å². The van der Waals surface area contributed by atoms with Crippen molar-refractivity contribution in [3.8, 4) is 11.5 Å². The van der Waals surface area contributed by atoms with Crippen molar-refractivity contribution in [2.45, 2.75) is 38.1 Å². The number of carbonyl (C=O) groups is 2. The first-order chi connectivity index (χ1) is 15.2. The van der Waals surface area contributed by atoms with E-state index in [1.807, 2.05) is 0 Å². The molecule has 3 rings (SSSR count). The van der Waals surface area contributed by atoms with Crippen LogP contribution in [0, 0.1) is 0 Å². The van der Waals surface area contributed by atoms with Gasteiger partial charge in [0.05, 0.1) is 27.9 Å². The molecule has 0 bridgehead atoms. The Labute approximate surface area is 188 Å². The number of nitrogens with zero attached hydrogens (tertiary/aromatic N) is 1. The molecule has 2 aromatic carbocycles. The summed E-state index contributed by atoms with van der Waals surface area (Å²) in [7, 11) is 4.41. The summed E-state index contributed by atoms with van der Waals surface area (Å²) in [5.74, 6) is 0.690. The first kappa shape index (κ1) is 23.4. The summed E-state index contributed by atoms with van der Waals surface area (Å²) in [6.07, 6.45) is -0.697. The molecule has 32 heavy (non-hydrogen) atoms. The SMILES string of the molecule is COC(=O)C1COC(c2ccc(OC)cc2)(c2ccc(OC)cc2)N1C(=O)OC(C)(C)C. The molecule has 1 saturated heterocycles. The van der Waals surface area contributed by atoms with Crippen LogP contribution in [0.25, 0.3) is 0 Å². The number of esters is 1. The van der Waals surface area contributed by atoms with Crippen molar-refractivity contribution in [2.75, 3.05) is 27.9 Å². The Balaban J connectivity index is 2.23. The van der Waals surface area contributed by atoms with Crippen LogP contribution in [0.15, 0.2) is 48.5 Å². The third kappa shape index (κ3) is 4.36. The Hall–Kier alpha value is -3.26. The van der Waals surface area contributed by atoms with Gasteiger partial charge in [-0.3, -0.25) is 4.90 Å². The fraction of sp³-hybridized carbons (Fsp3) is 0.417. The zero-order chi connectivity index (χ0) is 23.5. The fourth-order valence-corrected chi connectivity index (χ4v) is 3.68. The first-order valence-electron chi connectivity index (χ1n) is 10.2. The van der Waals surface area contributed by atoms with Crippen molar-refractivity contribution in [1.29, 1.82) is 0 Å². The highest BCUT2D eigenvalue weighted by atomic mass is 16.6. The molecule has 2 aromatic rings.